The average Bonchev–Trinajstić information content (AvgIpc) is 2.96. The minimum absolute atomic E-state index is 0.283. The lowest BCUT2D eigenvalue weighted by Crippen LogP contribution is -2.35. The van der Waals surface area contributed by atoms with E-state index >= 15 is 0 Å². The third-order valence-electron chi connectivity index (χ3n) is 4.53. The van der Waals surface area contributed by atoms with Crippen molar-refractivity contribution in [2.75, 3.05) is 20.1 Å². The molecule has 0 aliphatic carbocycles. The molecule has 1 aromatic rings. The van der Waals surface area contributed by atoms with Crippen LogP contribution >= 0.6 is 0 Å². The summed E-state index contributed by atoms with van der Waals surface area (Å²) in [6.07, 6.45) is 4.23. The van der Waals surface area contributed by atoms with Crippen molar-refractivity contribution in [3.05, 3.63) is 35.4 Å². The quantitative estimate of drug-likeness (QED) is 0.883. The predicted molar refractivity (Wildman–Crippen MR) is 76.0 cm³/mol. The third-order valence-corrected chi connectivity index (χ3v) is 4.53. The number of amides is 1. The molecule has 3 heteroatoms. The van der Waals surface area contributed by atoms with E-state index < -0.39 is 0 Å². The van der Waals surface area contributed by atoms with E-state index in [4.69, 9.17) is 0 Å². The van der Waals surface area contributed by atoms with Crippen LogP contribution in [-0.4, -0.2) is 30.9 Å². The Hall–Kier alpha value is -1.35. The van der Waals surface area contributed by atoms with Crippen molar-refractivity contribution < 1.29 is 4.79 Å². The molecule has 0 aromatic heterocycles. The normalized spacial score (nSPS) is 27.8. The molecule has 2 fully saturated rings. The molecule has 2 heterocycles. The first-order chi connectivity index (χ1) is 9.25. The van der Waals surface area contributed by atoms with Crippen LogP contribution in [0.15, 0.2) is 24.3 Å². The molecule has 3 rings (SSSR count). The van der Waals surface area contributed by atoms with Crippen LogP contribution in [0.25, 0.3) is 0 Å². The Balaban J connectivity index is 1.85. The first kappa shape index (κ1) is 12.7. The summed E-state index contributed by atoms with van der Waals surface area (Å²) in [5, 5.41) is 3.58. The lowest BCUT2D eigenvalue weighted by Gasteiger charge is -2.31. The van der Waals surface area contributed by atoms with E-state index in [0.717, 1.165) is 19.5 Å². The van der Waals surface area contributed by atoms with Gasteiger partial charge in [0, 0.05) is 26.1 Å². The summed E-state index contributed by atoms with van der Waals surface area (Å²) < 4.78 is 0. The summed E-state index contributed by atoms with van der Waals surface area (Å²) in [6.45, 7) is 2.00. The van der Waals surface area contributed by atoms with E-state index in [-0.39, 0.29) is 5.91 Å². The van der Waals surface area contributed by atoms with E-state index in [0.29, 0.717) is 18.4 Å². The van der Waals surface area contributed by atoms with Crippen molar-refractivity contribution in [1.82, 2.24) is 10.2 Å². The van der Waals surface area contributed by atoms with Gasteiger partial charge in [0.15, 0.2) is 0 Å². The molecule has 0 bridgehead atoms. The first-order valence-corrected chi connectivity index (χ1v) is 7.32. The molecular formula is C16H22N2O. The topological polar surface area (TPSA) is 32.3 Å². The molecular weight excluding hydrogens is 236 g/mol. The van der Waals surface area contributed by atoms with Crippen LogP contribution < -0.4 is 5.32 Å². The number of hydrogen-bond donors (Lipinski definition) is 1. The summed E-state index contributed by atoms with van der Waals surface area (Å²) in [6, 6.07) is 9.18. The predicted octanol–water partition coefficient (Wildman–Crippen LogP) is 2.45. The molecule has 2 saturated heterocycles. The molecule has 2 unspecified atom stereocenters. The zero-order valence-electron chi connectivity index (χ0n) is 11.6. The molecule has 102 valence electrons. The number of rotatable bonds is 2. The highest BCUT2D eigenvalue weighted by Gasteiger charge is 2.28. The first-order valence-electron chi connectivity index (χ1n) is 7.32. The fourth-order valence-corrected chi connectivity index (χ4v) is 3.36. The average molecular weight is 258 g/mol. The second-order valence-corrected chi connectivity index (χ2v) is 5.78. The van der Waals surface area contributed by atoms with Gasteiger partial charge < -0.3 is 10.2 Å². The lowest BCUT2D eigenvalue weighted by molar-refractivity contribution is -0.132. The zero-order chi connectivity index (χ0) is 13.2. The van der Waals surface area contributed by atoms with Crippen molar-refractivity contribution >= 4 is 5.91 Å². The van der Waals surface area contributed by atoms with Gasteiger partial charge in [0.25, 0.3) is 0 Å². The van der Waals surface area contributed by atoms with Gasteiger partial charge in [0.2, 0.25) is 5.91 Å². The number of carbonyl (C=O) groups excluding carboxylic acids is 1. The molecule has 19 heavy (non-hydrogen) atoms. The molecule has 2 atom stereocenters. The van der Waals surface area contributed by atoms with Crippen LogP contribution in [0.3, 0.4) is 0 Å². The number of benzene rings is 1. The van der Waals surface area contributed by atoms with Crippen LogP contribution in [0, 0.1) is 0 Å². The number of nitrogens with zero attached hydrogens (tertiary/aromatic N) is 1. The molecule has 1 aromatic carbocycles. The van der Waals surface area contributed by atoms with Gasteiger partial charge in [-0.1, -0.05) is 24.3 Å². The smallest absolute Gasteiger partial charge is 0.222 e. The van der Waals surface area contributed by atoms with Gasteiger partial charge in [0.05, 0.1) is 0 Å². The minimum atomic E-state index is 0.283. The van der Waals surface area contributed by atoms with E-state index in [1.54, 1.807) is 0 Å². The van der Waals surface area contributed by atoms with Crippen molar-refractivity contribution in [1.29, 1.82) is 0 Å². The Morgan fingerprint density at radius 1 is 1.21 bits per heavy atom. The fraction of sp³-hybridized carbons (Fsp3) is 0.562. The van der Waals surface area contributed by atoms with Gasteiger partial charge in [0.1, 0.15) is 0 Å². The number of nitrogens with one attached hydrogen (secondary N) is 1. The molecule has 1 amide bonds. The number of piperidine rings is 1. The summed E-state index contributed by atoms with van der Waals surface area (Å²) >= 11 is 0. The van der Waals surface area contributed by atoms with Gasteiger partial charge in [-0.05, 0) is 42.9 Å². The summed E-state index contributed by atoms with van der Waals surface area (Å²) in [4.78, 5) is 13.8. The monoisotopic (exact) mass is 258 g/mol. The Morgan fingerprint density at radius 2 is 2.00 bits per heavy atom. The summed E-state index contributed by atoms with van der Waals surface area (Å²) in [7, 11) is 1.91. The van der Waals surface area contributed by atoms with E-state index in [1.807, 2.05) is 11.9 Å². The van der Waals surface area contributed by atoms with Crippen molar-refractivity contribution in [3.63, 3.8) is 0 Å². The standard InChI is InChI=1S/C16H22N2O/c1-18-10-8-12(11-16(18)19)13-5-2-3-6-14(13)15-7-4-9-17-15/h2-3,5-6,12,15,17H,4,7-11H2,1H3. The SMILES string of the molecule is CN1CCC(c2ccccc2C2CCCN2)CC1=O. The second kappa shape index (κ2) is 5.33. The van der Waals surface area contributed by atoms with Crippen molar-refractivity contribution in [2.24, 2.45) is 0 Å². The van der Waals surface area contributed by atoms with Crippen LogP contribution in [0.2, 0.25) is 0 Å². The van der Waals surface area contributed by atoms with Crippen molar-refractivity contribution in [2.45, 2.75) is 37.6 Å². The van der Waals surface area contributed by atoms with Crippen LogP contribution in [0.5, 0.6) is 0 Å². The minimum Gasteiger partial charge on any atom is -0.346 e. The maximum Gasteiger partial charge on any atom is 0.222 e. The zero-order valence-corrected chi connectivity index (χ0v) is 11.6. The maximum atomic E-state index is 11.9. The lowest BCUT2D eigenvalue weighted by atomic mass is 9.84. The number of likely N-dealkylation sites (tertiary alicyclic amines) is 1. The van der Waals surface area contributed by atoms with E-state index in [2.05, 4.69) is 29.6 Å². The molecule has 1 N–H and O–H groups in total. The third kappa shape index (κ3) is 2.52. The highest BCUT2D eigenvalue weighted by Crippen LogP contribution is 2.35. The fourth-order valence-electron chi connectivity index (χ4n) is 3.36. The Labute approximate surface area is 115 Å². The second-order valence-electron chi connectivity index (χ2n) is 5.78. The largest absolute Gasteiger partial charge is 0.346 e. The Bertz CT molecular complexity index is 466. The van der Waals surface area contributed by atoms with Gasteiger partial charge in [-0.3, -0.25) is 4.79 Å². The number of carbonyl (C=O) groups is 1. The Kier molecular flexibility index (Phi) is 3.56. The summed E-state index contributed by atoms with van der Waals surface area (Å²) in [5.74, 6) is 0.688. The molecule has 3 nitrogen and oxygen atoms in total. The molecule has 2 aliphatic rings. The van der Waals surface area contributed by atoms with E-state index in [9.17, 15) is 4.79 Å². The van der Waals surface area contributed by atoms with Crippen LogP contribution in [0.4, 0.5) is 0 Å². The maximum absolute atomic E-state index is 11.9. The molecule has 0 radical (unpaired) electrons. The molecule has 0 saturated carbocycles. The van der Waals surface area contributed by atoms with E-state index in [1.165, 1.54) is 24.0 Å². The van der Waals surface area contributed by atoms with Gasteiger partial charge in [-0.25, -0.2) is 0 Å². The highest BCUT2D eigenvalue weighted by atomic mass is 16.2. The van der Waals surface area contributed by atoms with Crippen LogP contribution in [-0.2, 0) is 4.79 Å². The van der Waals surface area contributed by atoms with Gasteiger partial charge in [-0.15, -0.1) is 0 Å². The highest BCUT2D eigenvalue weighted by molar-refractivity contribution is 5.77. The molecule has 0 spiro atoms. The van der Waals surface area contributed by atoms with Crippen molar-refractivity contribution in [3.8, 4) is 0 Å². The van der Waals surface area contributed by atoms with Gasteiger partial charge in [-0.2, -0.15) is 0 Å². The van der Waals surface area contributed by atoms with Gasteiger partial charge >= 0.3 is 0 Å². The number of hydrogen-bond acceptors (Lipinski definition) is 2. The Morgan fingerprint density at radius 3 is 2.68 bits per heavy atom. The summed E-state index contributed by atoms with van der Waals surface area (Å²) in [5.41, 5.74) is 2.81. The van der Waals surface area contributed by atoms with Crippen LogP contribution in [0.1, 0.15) is 48.8 Å². The molecule has 2 aliphatic heterocycles.